The first kappa shape index (κ1) is 18.5. The van der Waals surface area contributed by atoms with Crippen LogP contribution in [0.25, 0.3) is 0 Å². The molecular formula is C21H25N5O2. The van der Waals surface area contributed by atoms with Gasteiger partial charge in [-0.1, -0.05) is 12.8 Å². The number of hydrogen-bond acceptors (Lipinski definition) is 5. The summed E-state index contributed by atoms with van der Waals surface area (Å²) in [6, 6.07) is 5.91. The third-order valence-corrected chi connectivity index (χ3v) is 6.30. The molecule has 7 nitrogen and oxygen atoms in total. The third-order valence-electron chi connectivity index (χ3n) is 6.30. The highest BCUT2D eigenvalue weighted by molar-refractivity contribution is 5.99. The SMILES string of the molecule is CN1C(=O)C(C#N)=C(N2CCN(C(=O)c3cccnc3)CC2)C2CCCCC21. The molecule has 2 amide bonds. The van der Waals surface area contributed by atoms with Gasteiger partial charge in [0.1, 0.15) is 11.6 Å². The fraction of sp³-hybridized carbons (Fsp3) is 0.524. The van der Waals surface area contributed by atoms with Gasteiger partial charge in [0.15, 0.2) is 0 Å². The van der Waals surface area contributed by atoms with E-state index in [2.05, 4.69) is 16.0 Å². The molecule has 3 heterocycles. The van der Waals surface area contributed by atoms with Gasteiger partial charge in [-0.05, 0) is 25.0 Å². The van der Waals surface area contributed by atoms with E-state index in [-0.39, 0.29) is 29.3 Å². The number of hydrogen-bond donors (Lipinski definition) is 0. The Bertz CT molecular complexity index is 836. The van der Waals surface area contributed by atoms with Gasteiger partial charge in [-0.3, -0.25) is 14.6 Å². The van der Waals surface area contributed by atoms with Gasteiger partial charge in [-0.2, -0.15) is 5.26 Å². The average molecular weight is 379 g/mol. The Morgan fingerprint density at radius 1 is 1.21 bits per heavy atom. The van der Waals surface area contributed by atoms with Crippen LogP contribution in [0.4, 0.5) is 0 Å². The van der Waals surface area contributed by atoms with E-state index >= 15 is 0 Å². The molecule has 28 heavy (non-hydrogen) atoms. The van der Waals surface area contributed by atoms with Crippen molar-refractivity contribution in [1.29, 1.82) is 5.26 Å². The van der Waals surface area contributed by atoms with Gasteiger partial charge in [0.05, 0.1) is 5.56 Å². The number of rotatable bonds is 2. The minimum absolute atomic E-state index is 0.0165. The number of carbonyl (C=O) groups excluding carboxylic acids is 2. The zero-order valence-corrected chi connectivity index (χ0v) is 16.2. The minimum atomic E-state index is -0.158. The van der Waals surface area contributed by atoms with Crippen LogP contribution in [0.1, 0.15) is 36.0 Å². The van der Waals surface area contributed by atoms with E-state index in [9.17, 15) is 14.9 Å². The normalized spacial score (nSPS) is 25.4. The van der Waals surface area contributed by atoms with E-state index in [0.29, 0.717) is 31.7 Å². The molecule has 1 aromatic heterocycles. The van der Waals surface area contributed by atoms with Gasteiger partial charge in [0.25, 0.3) is 11.8 Å². The predicted octanol–water partition coefficient (Wildman–Crippen LogP) is 1.65. The van der Waals surface area contributed by atoms with Crippen LogP contribution in [-0.2, 0) is 4.79 Å². The topological polar surface area (TPSA) is 80.5 Å². The van der Waals surface area contributed by atoms with E-state index in [1.165, 1.54) is 0 Å². The number of carbonyl (C=O) groups is 2. The van der Waals surface area contributed by atoms with Crippen molar-refractivity contribution in [2.45, 2.75) is 31.7 Å². The molecule has 146 valence electrons. The maximum absolute atomic E-state index is 12.8. The summed E-state index contributed by atoms with van der Waals surface area (Å²) in [5.41, 5.74) is 1.80. The highest BCUT2D eigenvalue weighted by atomic mass is 16.2. The Morgan fingerprint density at radius 2 is 1.96 bits per heavy atom. The van der Waals surface area contributed by atoms with Gasteiger partial charge in [-0.25, -0.2) is 0 Å². The number of amides is 2. The molecule has 1 saturated carbocycles. The largest absolute Gasteiger partial charge is 0.370 e. The number of nitriles is 1. The summed E-state index contributed by atoms with van der Waals surface area (Å²) in [7, 11) is 1.82. The van der Waals surface area contributed by atoms with Crippen LogP contribution in [-0.4, -0.2) is 70.8 Å². The summed E-state index contributed by atoms with van der Waals surface area (Å²) in [5.74, 6) is 0.0541. The zero-order valence-electron chi connectivity index (χ0n) is 16.2. The van der Waals surface area contributed by atoms with Crippen LogP contribution in [0.3, 0.4) is 0 Å². The molecule has 3 aliphatic rings. The van der Waals surface area contributed by atoms with E-state index in [1.54, 1.807) is 29.4 Å². The maximum atomic E-state index is 12.8. The molecule has 0 N–H and O–H groups in total. The summed E-state index contributed by atoms with van der Waals surface area (Å²) in [4.78, 5) is 35.2. The molecular weight excluding hydrogens is 354 g/mol. The maximum Gasteiger partial charge on any atom is 0.266 e. The Balaban J connectivity index is 1.54. The van der Waals surface area contributed by atoms with Crippen molar-refractivity contribution in [2.24, 2.45) is 5.92 Å². The lowest BCUT2D eigenvalue weighted by Gasteiger charge is -2.48. The second-order valence-electron chi connectivity index (χ2n) is 7.77. The molecule has 1 saturated heterocycles. The second kappa shape index (κ2) is 7.63. The molecule has 4 rings (SSSR count). The van der Waals surface area contributed by atoms with Crippen LogP contribution in [0, 0.1) is 17.2 Å². The Labute approximate surface area is 165 Å². The molecule has 0 aromatic carbocycles. The number of fused-ring (bicyclic) bond motifs is 1. The molecule has 2 atom stereocenters. The van der Waals surface area contributed by atoms with Crippen LogP contribution < -0.4 is 0 Å². The predicted molar refractivity (Wildman–Crippen MR) is 103 cm³/mol. The van der Waals surface area contributed by atoms with Crippen molar-refractivity contribution in [3.63, 3.8) is 0 Å². The first-order valence-corrected chi connectivity index (χ1v) is 9.97. The zero-order chi connectivity index (χ0) is 19.7. The Kier molecular flexibility index (Phi) is 5.03. The Morgan fingerprint density at radius 3 is 2.64 bits per heavy atom. The number of pyridine rings is 1. The van der Waals surface area contributed by atoms with Gasteiger partial charge in [-0.15, -0.1) is 0 Å². The van der Waals surface area contributed by atoms with Gasteiger partial charge in [0, 0.05) is 63.3 Å². The lowest BCUT2D eigenvalue weighted by molar-refractivity contribution is -0.130. The van der Waals surface area contributed by atoms with Crippen molar-refractivity contribution in [3.05, 3.63) is 41.4 Å². The van der Waals surface area contributed by atoms with E-state index in [4.69, 9.17) is 0 Å². The summed E-state index contributed by atoms with van der Waals surface area (Å²) in [5, 5.41) is 9.71. The summed E-state index contributed by atoms with van der Waals surface area (Å²) < 4.78 is 0. The minimum Gasteiger partial charge on any atom is -0.370 e. The average Bonchev–Trinajstić information content (AvgIpc) is 2.76. The number of piperazine rings is 1. The lowest BCUT2D eigenvalue weighted by Crippen LogP contribution is -2.55. The quantitative estimate of drug-likeness (QED) is 0.780. The monoisotopic (exact) mass is 379 g/mol. The van der Waals surface area contributed by atoms with Gasteiger partial charge < -0.3 is 14.7 Å². The second-order valence-corrected chi connectivity index (χ2v) is 7.77. The van der Waals surface area contributed by atoms with Crippen molar-refractivity contribution in [2.75, 3.05) is 33.2 Å². The van der Waals surface area contributed by atoms with Crippen LogP contribution in [0.5, 0.6) is 0 Å². The summed E-state index contributed by atoms with van der Waals surface area (Å²) >= 11 is 0. The summed E-state index contributed by atoms with van der Waals surface area (Å²) in [6.45, 7) is 2.45. The molecule has 2 unspecified atom stereocenters. The first-order chi connectivity index (χ1) is 13.6. The Hall–Kier alpha value is -2.88. The van der Waals surface area contributed by atoms with Crippen molar-refractivity contribution >= 4 is 11.8 Å². The van der Waals surface area contributed by atoms with E-state index in [0.717, 1.165) is 31.4 Å². The molecule has 0 bridgehead atoms. The molecule has 7 heteroatoms. The highest BCUT2D eigenvalue weighted by Gasteiger charge is 2.43. The number of likely N-dealkylation sites (N-methyl/N-ethyl adjacent to an activating group) is 1. The van der Waals surface area contributed by atoms with Crippen molar-refractivity contribution in [3.8, 4) is 6.07 Å². The molecule has 0 spiro atoms. The van der Waals surface area contributed by atoms with Crippen molar-refractivity contribution < 1.29 is 9.59 Å². The first-order valence-electron chi connectivity index (χ1n) is 9.97. The number of nitrogens with zero attached hydrogens (tertiary/aromatic N) is 5. The molecule has 0 radical (unpaired) electrons. The highest BCUT2D eigenvalue weighted by Crippen LogP contribution is 2.40. The molecule has 2 fully saturated rings. The fourth-order valence-electron chi connectivity index (χ4n) is 4.84. The molecule has 2 aliphatic heterocycles. The van der Waals surface area contributed by atoms with E-state index in [1.807, 2.05) is 11.9 Å². The summed E-state index contributed by atoms with van der Waals surface area (Å²) in [6.07, 6.45) is 7.51. The van der Waals surface area contributed by atoms with Crippen LogP contribution >= 0.6 is 0 Å². The number of aromatic nitrogens is 1. The molecule has 1 aliphatic carbocycles. The smallest absolute Gasteiger partial charge is 0.266 e. The standard InChI is InChI=1S/C21H25N5O2/c1-24-18-7-3-2-6-16(18)19(17(13-22)21(24)28)25-9-11-26(12-10-25)20(27)15-5-4-8-23-14-15/h4-5,8,14,16,18H,2-3,6-7,9-12H2,1H3. The van der Waals surface area contributed by atoms with Gasteiger partial charge >= 0.3 is 0 Å². The van der Waals surface area contributed by atoms with E-state index < -0.39 is 0 Å². The lowest BCUT2D eigenvalue weighted by atomic mass is 9.77. The van der Waals surface area contributed by atoms with Crippen molar-refractivity contribution in [1.82, 2.24) is 19.7 Å². The fourth-order valence-corrected chi connectivity index (χ4v) is 4.84. The third kappa shape index (κ3) is 3.13. The van der Waals surface area contributed by atoms with Gasteiger partial charge in [0.2, 0.25) is 0 Å². The molecule has 1 aromatic rings. The van der Waals surface area contributed by atoms with Crippen LogP contribution in [0.2, 0.25) is 0 Å². The van der Waals surface area contributed by atoms with Crippen LogP contribution in [0.15, 0.2) is 35.8 Å².